The van der Waals surface area contributed by atoms with Gasteiger partial charge < -0.3 is 19.1 Å². The minimum atomic E-state index is -0.955. The van der Waals surface area contributed by atoms with E-state index in [1.54, 1.807) is 9.91 Å². The highest BCUT2D eigenvalue weighted by Crippen LogP contribution is 2.21. The highest BCUT2D eigenvalue weighted by molar-refractivity contribution is 7.47. The Morgan fingerprint density at radius 1 is 0.857 bits per heavy atom. The van der Waals surface area contributed by atoms with Crippen LogP contribution < -0.4 is 0 Å². The lowest BCUT2D eigenvalue weighted by atomic mass is 10.1. The number of halogens is 2. The minimum Gasteiger partial charge on any atom is -0.444 e. The van der Waals surface area contributed by atoms with Crippen LogP contribution >= 0.6 is 0 Å². The summed E-state index contributed by atoms with van der Waals surface area (Å²) >= 11 is 4.67. The number of nitrogens with zero attached hydrogens (tertiary/aromatic N) is 3. The molecule has 2 aliphatic heterocycles. The molecule has 0 aliphatic carbocycles. The van der Waals surface area contributed by atoms with Gasteiger partial charge >= 0.3 is 6.09 Å². The molecule has 0 spiro atoms. The predicted molar refractivity (Wildman–Crippen MR) is 164 cm³/mol. The van der Waals surface area contributed by atoms with Crippen LogP contribution in [-0.4, -0.2) is 72.3 Å². The Morgan fingerprint density at radius 2 is 1.33 bits per heavy atom. The van der Waals surface area contributed by atoms with Gasteiger partial charge in [-0.1, -0.05) is 68.1 Å². The van der Waals surface area contributed by atoms with Crippen LogP contribution in [0.5, 0.6) is 0 Å². The first-order valence-electron chi connectivity index (χ1n) is 14.3. The van der Waals surface area contributed by atoms with E-state index in [1.807, 2.05) is 81.4 Å². The highest BCUT2D eigenvalue weighted by Gasteiger charge is 2.30. The Hall–Kier alpha value is -2.69. The number of hydrogen-bond donors (Lipinski definition) is 0. The maximum Gasteiger partial charge on any atom is 0.410 e. The zero-order chi connectivity index (χ0) is 29.7. The second kappa shape index (κ2) is 18.1. The summed E-state index contributed by atoms with van der Waals surface area (Å²) in [5.74, 6) is 0. The number of carbonyl (C=O) groups excluding carboxylic acids is 1. The number of carbonyl (C=O) groups is 1. The molecule has 2 aliphatic rings. The van der Waals surface area contributed by atoms with Crippen molar-refractivity contribution in [2.24, 2.45) is 4.47 Å². The maximum atomic E-state index is 13.9. The van der Waals surface area contributed by atoms with Crippen LogP contribution in [0.15, 0.2) is 65.1 Å². The highest BCUT2D eigenvalue weighted by atomic mass is 32.1. The summed E-state index contributed by atoms with van der Waals surface area (Å²) in [5.41, 5.74) is 1.58. The van der Waals surface area contributed by atoms with Gasteiger partial charge in [-0.25, -0.2) is 13.6 Å². The molecule has 0 aromatic heterocycles. The van der Waals surface area contributed by atoms with Crippen LogP contribution in [0.3, 0.4) is 0 Å². The molecule has 2 heterocycles. The van der Waals surface area contributed by atoms with Crippen LogP contribution in [0.25, 0.3) is 0 Å². The standard InChI is InChI=1S/C18H26FNO3.C13H17FN2OS.CH4/c1-18(2,3)23-17(21)20-10-9-15(19)11-16(12-20)22-13-14-7-5-4-6-8-14;14-12-6-7-16(15-18)9-13(8-12)17-10-11-4-2-1-3-5-11;/h4-8,15-16H,9-13H2,1-3H3;1-5,12-13H,6-10H2;1H4. The summed E-state index contributed by atoms with van der Waals surface area (Å²) in [7, 11) is 0. The summed E-state index contributed by atoms with van der Waals surface area (Å²) in [5, 5.41) is 1.71. The fourth-order valence-corrected chi connectivity index (χ4v) is 4.74. The van der Waals surface area contributed by atoms with Gasteiger partial charge in [0.05, 0.1) is 50.9 Å². The zero-order valence-corrected chi connectivity index (χ0v) is 25.1. The molecule has 2 aromatic carbocycles. The third-order valence-corrected chi connectivity index (χ3v) is 6.94. The van der Waals surface area contributed by atoms with Crippen molar-refractivity contribution in [2.75, 3.05) is 26.2 Å². The van der Waals surface area contributed by atoms with Gasteiger partial charge in [0.1, 0.15) is 17.9 Å². The fourth-order valence-electron chi connectivity index (χ4n) is 4.59. The molecule has 0 radical (unpaired) electrons. The van der Waals surface area contributed by atoms with Gasteiger partial charge in [-0.05, 0) is 44.7 Å². The lowest BCUT2D eigenvalue weighted by Gasteiger charge is -2.28. The van der Waals surface area contributed by atoms with Gasteiger partial charge in [-0.2, -0.15) is 0 Å². The average Bonchev–Trinajstić information content (AvgIpc) is 3.26. The molecular formula is C32H47F2N3O4S. The Labute approximate surface area is 255 Å². The Morgan fingerprint density at radius 3 is 1.81 bits per heavy atom. The molecule has 2 aromatic rings. The summed E-state index contributed by atoms with van der Waals surface area (Å²) in [6.45, 7) is 8.28. The Kier molecular flexibility index (Phi) is 15.3. The van der Waals surface area contributed by atoms with Crippen molar-refractivity contribution < 1.29 is 27.8 Å². The third-order valence-electron chi connectivity index (χ3n) is 6.71. The van der Waals surface area contributed by atoms with Crippen LogP contribution in [0.1, 0.15) is 65.0 Å². The molecule has 4 unspecified atom stereocenters. The van der Waals surface area contributed by atoms with E-state index in [0.29, 0.717) is 65.1 Å². The lowest BCUT2D eigenvalue weighted by Crippen LogP contribution is -2.40. The topological polar surface area (TPSA) is 63.6 Å². The predicted octanol–water partition coefficient (Wildman–Crippen LogP) is 7.23. The van der Waals surface area contributed by atoms with Gasteiger partial charge in [0.2, 0.25) is 0 Å². The van der Waals surface area contributed by atoms with Crippen LogP contribution in [-0.2, 0) is 39.8 Å². The molecule has 7 nitrogen and oxygen atoms in total. The lowest BCUT2D eigenvalue weighted by molar-refractivity contribution is -0.00667. The maximum absolute atomic E-state index is 13.9. The van der Waals surface area contributed by atoms with Crippen LogP contribution in [0, 0.1) is 0 Å². The van der Waals surface area contributed by atoms with Crippen molar-refractivity contribution in [1.82, 2.24) is 9.91 Å². The smallest absolute Gasteiger partial charge is 0.410 e. The first-order valence-corrected chi connectivity index (χ1v) is 14.6. The molecule has 4 rings (SSSR count). The van der Waals surface area contributed by atoms with E-state index in [-0.39, 0.29) is 19.6 Å². The minimum absolute atomic E-state index is 0. The molecule has 10 heteroatoms. The number of ether oxygens (including phenoxy) is 3. The number of likely N-dealkylation sites (tertiary alicyclic amines) is 1. The molecule has 1 amide bonds. The second-order valence-corrected chi connectivity index (χ2v) is 11.7. The van der Waals surface area contributed by atoms with Crippen molar-refractivity contribution in [2.45, 2.75) is 97.2 Å². The molecule has 42 heavy (non-hydrogen) atoms. The Bertz CT molecular complexity index is 1050. The average molecular weight is 608 g/mol. The van der Waals surface area contributed by atoms with E-state index in [9.17, 15) is 13.6 Å². The molecule has 0 bridgehead atoms. The van der Waals surface area contributed by atoms with E-state index in [1.165, 1.54) is 0 Å². The van der Waals surface area contributed by atoms with E-state index in [2.05, 4.69) is 16.9 Å². The number of alkyl halides is 2. The molecule has 234 valence electrons. The molecule has 4 atom stereocenters. The van der Waals surface area contributed by atoms with Crippen molar-refractivity contribution >= 4 is 18.5 Å². The first-order chi connectivity index (χ1) is 19.6. The van der Waals surface area contributed by atoms with Gasteiger partial charge in [0, 0.05) is 25.9 Å². The SMILES string of the molecule is C.CC(C)(C)OC(=O)N1CCC(F)CC(OCc2ccccc2)C1.FC1CCN(N=S)CC(OCc2ccccc2)C1. The molecule has 0 saturated carbocycles. The van der Waals surface area contributed by atoms with Crippen molar-refractivity contribution in [3.63, 3.8) is 0 Å². The van der Waals surface area contributed by atoms with Crippen LogP contribution in [0.2, 0.25) is 0 Å². The number of amides is 1. The van der Waals surface area contributed by atoms with Gasteiger partial charge in [0.15, 0.2) is 0 Å². The van der Waals surface area contributed by atoms with Gasteiger partial charge in [-0.15, -0.1) is 4.47 Å². The summed E-state index contributed by atoms with van der Waals surface area (Å²) < 4.78 is 48.2. The van der Waals surface area contributed by atoms with Gasteiger partial charge in [-0.3, -0.25) is 5.01 Å². The quantitative estimate of drug-likeness (QED) is 0.331. The van der Waals surface area contributed by atoms with E-state index >= 15 is 0 Å². The van der Waals surface area contributed by atoms with Crippen molar-refractivity contribution in [1.29, 1.82) is 0 Å². The molecule has 2 saturated heterocycles. The summed E-state index contributed by atoms with van der Waals surface area (Å²) in [4.78, 5) is 13.8. The van der Waals surface area contributed by atoms with Crippen molar-refractivity contribution in [3.05, 3.63) is 71.8 Å². The molecule has 2 fully saturated rings. The fraction of sp³-hybridized carbons (Fsp3) is 0.594. The van der Waals surface area contributed by atoms with E-state index in [0.717, 1.165) is 11.1 Å². The second-order valence-electron chi connectivity index (χ2n) is 11.5. The molecular weight excluding hydrogens is 560 g/mol. The number of hydrogen-bond acceptors (Lipinski definition) is 6. The van der Waals surface area contributed by atoms with E-state index in [4.69, 9.17) is 14.2 Å². The largest absolute Gasteiger partial charge is 0.444 e. The normalized spacial score (nSPS) is 22.9. The first kappa shape index (κ1) is 35.5. The number of benzene rings is 2. The van der Waals surface area contributed by atoms with Gasteiger partial charge in [0.25, 0.3) is 0 Å². The monoisotopic (exact) mass is 607 g/mol. The zero-order valence-electron chi connectivity index (χ0n) is 24.3. The summed E-state index contributed by atoms with van der Waals surface area (Å²) in [6.07, 6.45) is -1.11. The summed E-state index contributed by atoms with van der Waals surface area (Å²) in [6, 6.07) is 19.7. The van der Waals surface area contributed by atoms with Crippen molar-refractivity contribution in [3.8, 4) is 0 Å². The third kappa shape index (κ3) is 13.5. The number of rotatable bonds is 7. The van der Waals surface area contributed by atoms with Crippen LogP contribution in [0.4, 0.5) is 13.6 Å². The molecule has 0 N–H and O–H groups in total. The Balaban J connectivity index is 0.000000295. The van der Waals surface area contributed by atoms with E-state index < -0.39 is 24.0 Å².